The number of aromatic nitrogens is 1. The van der Waals surface area contributed by atoms with Crippen LogP contribution in [0.4, 0.5) is 0 Å². The van der Waals surface area contributed by atoms with Gasteiger partial charge in [-0.2, -0.15) is 0 Å². The summed E-state index contributed by atoms with van der Waals surface area (Å²) in [6, 6.07) is 5.70. The summed E-state index contributed by atoms with van der Waals surface area (Å²) in [5.41, 5.74) is 3.92. The smallest absolute Gasteiger partial charge is 0.261 e. The van der Waals surface area contributed by atoms with E-state index in [0.717, 1.165) is 34.6 Å². The van der Waals surface area contributed by atoms with E-state index in [2.05, 4.69) is 59.9 Å². The lowest BCUT2D eigenvalue weighted by atomic mass is 9.48. The number of nitrogens with zero attached hydrogens (tertiary/aromatic N) is 1. The summed E-state index contributed by atoms with van der Waals surface area (Å²) in [5.74, 6) is 2.26. The van der Waals surface area contributed by atoms with Crippen LogP contribution >= 0.6 is 23.4 Å². The van der Waals surface area contributed by atoms with Crippen LogP contribution < -0.4 is 0 Å². The Labute approximate surface area is 239 Å². The molecule has 38 heavy (non-hydrogen) atoms. The van der Waals surface area contributed by atoms with Crippen LogP contribution in [0.1, 0.15) is 79.6 Å². The van der Waals surface area contributed by atoms with Crippen LogP contribution in [0.3, 0.4) is 0 Å². The van der Waals surface area contributed by atoms with Crippen molar-refractivity contribution >= 4 is 42.8 Å². The minimum absolute atomic E-state index is 0.217. The molecule has 0 spiro atoms. The molecule has 1 heterocycles. The second-order valence-electron chi connectivity index (χ2n) is 14.5. The predicted octanol–water partition coefficient (Wildman–Crippen LogP) is 10.4. The molecule has 0 bridgehead atoms. The average molecular weight is 570 g/mol. The quantitative estimate of drug-likeness (QED) is 0.271. The number of hydrogen-bond acceptors (Lipinski definition) is 4. The molecule has 206 valence electrons. The minimum atomic E-state index is -1.75. The molecule has 4 aliphatic carbocycles. The molecule has 1 aromatic heterocycles. The van der Waals surface area contributed by atoms with Gasteiger partial charge in [-0.05, 0) is 115 Å². The van der Waals surface area contributed by atoms with Crippen LogP contribution in [0, 0.1) is 28.6 Å². The van der Waals surface area contributed by atoms with E-state index in [-0.39, 0.29) is 10.5 Å². The molecule has 2 saturated carbocycles. The van der Waals surface area contributed by atoms with Crippen molar-refractivity contribution in [1.29, 1.82) is 0 Å². The Kier molecular flexibility index (Phi) is 6.62. The van der Waals surface area contributed by atoms with Crippen molar-refractivity contribution in [3.63, 3.8) is 0 Å². The SMILES string of the molecule is CC(C)(C)[Si](C)(C)O[C@H]1CC[C@@]2(C)C(=CC[C@@H]3[C@@H]2CC[C@]2(C)C(Sc4nc5ccc(Cl)cc5o4)=CC[C@@H]32)C1. The maximum absolute atomic E-state index is 6.92. The molecule has 0 N–H and O–H groups in total. The Hall–Kier alpha value is -1.01. The lowest BCUT2D eigenvalue weighted by Crippen LogP contribution is -2.51. The number of thioether (sulfide) groups is 1. The van der Waals surface area contributed by atoms with E-state index in [4.69, 9.17) is 25.4 Å². The zero-order valence-corrected chi connectivity index (χ0v) is 26.8. The fourth-order valence-corrected chi connectivity index (χ4v) is 10.7. The summed E-state index contributed by atoms with van der Waals surface area (Å²) in [5, 5.41) is 1.70. The molecular formula is C32H44ClNO2SSi. The third kappa shape index (κ3) is 4.39. The van der Waals surface area contributed by atoms with E-state index >= 15 is 0 Å². The van der Waals surface area contributed by atoms with E-state index in [1.807, 2.05) is 18.2 Å². The number of allylic oxidation sites excluding steroid dienone is 3. The minimum Gasteiger partial charge on any atom is -0.431 e. The summed E-state index contributed by atoms with van der Waals surface area (Å²) < 4.78 is 13.0. The number of rotatable bonds is 4. The summed E-state index contributed by atoms with van der Waals surface area (Å²) >= 11 is 7.92. The summed E-state index contributed by atoms with van der Waals surface area (Å²) in [4.78, 5) is 6.22. The Morgan fingerprint density at radius 1 is 1.05 bits per heavy atom. The molecule has 3 nitrogen and oxygen atoms in total. The van der Waals surface area contributed by atoms with Crippen LogP contribution in [-0.4, -0.2) is 19.4 Å². The van der Waals surface area contributed by atoms with Crippen molar-refractivity contribution in [2.24, 2.45) is 28.6 Å². The first-order valence-corrected chi connectivity index (χ1v) is 18.7. The molecule has 0 unspecified atom stereocenters. The van der Waals surface area contributed by atoms with Gasteiger partial charge in [0.25, 0.3) is 5.22 Å². The first kappa shape index (κ1) is 27.2. The topological polar surface area (TPSA) is 35.3 Å². The molecule has 2 fully saturated rings. The molecule has 2 aromatic rings. The van der Waals surface area contributed by atoms with Crippen molar-refractivity contribution in [3.05, 3.63) is 45.9 Å². The monoisotopic (exact) mass is 569 g/mol. The van der Waals surface area contributed by atoms with E-state index in [1.54, 1.807) is 17.3 Å². The second-order valence-corrected chi connectivity index (χ2v) is 20.6. The molecular weight excluding hydrogens is 526 g/mol. The van der Waals surface area contributed by atoms with Gasteiger partial charge in [-0.15, -0.1) is 0 Å². The van der Waals surface area contributed by atoms with Crippen LogP contribution in [0.5, 0.6) is 0 Å². The van der Waals surface area contributed by atoms with Crippen LogP contribution in [0.2, 0.25) is 23.2 Å². The number of benzene rings is 1. The van der Waals surface area contributed by atoms with Crippen molar-refractivity contribution in [2.75, 3.05) is 0 Å². The van der Waals surface area contributed by atoms with Crippen molar-refractivity contribution in [1.82, 2.24) is 4.98 Å². The average Bonchev–Trinajstić information content (AvgIpc) is 3.38. The molecule has 0 saturated heterocycles. The van der Waals surface area contributed by atoms with Gasteiger partial charge in [0.15, 0.2) is 13.9 Å². The Morgan fingerprint density at radius 3 is 2.58 bits per heavy atom. The van der Waals surface area contributed by atoms with Crippen molar-refractivity contribution < 1.29 is 8.84 Å². The van der Waals surface area contributed by atoms with Gasteiger partial charge in [0.05, 0.1) is 0 Å². The van der Waals surface area contributed by atoms with Gasteiger partial charge < -0.3 is 8.84 Å². The molecule has 6 atom stereocenters. The fraction of sp³-hybridized carbons (Fsp3) is 0.656. The number of fused-ring (bicyclic) bond motifs is 6. The molecule has 6 heteroatoms. The van der Waals surface area contributed by atoms with Crippen LogP contribution in [0.25, 0.3) is 11.1 Å². The van der Waals surface area contributed by atoms with Crippen molar-refractivity contribution in [2.45, 2.75) is 109 Å². The van der Waals surface area contributed by atoms with Crippen LogP contribution in [0.15, 0.2) is 50.5 Å². The van der Waals surface area contributed by atoms with Gasteiger partial charge in [-0.1, -0.05) is 63.9 Å². The van der Waals surface area contributed by atoms with Gasteiger partial charge in [0.1, 0.15) is 5.52 Å². The summed E-state index contributed by atoms with van der Waals surface area (Å²) in [6.07, 6.45) is 14.2. The van der Waals surface area contributed by atoms with Gasteiger partial charge in [-0.3, -0.25) is 0 Å². The largest absolute Gasteiger partial charge is 0.431 e. The van der Waals surface area contributed by atoms with E-state index in [9.17, 15) is 0 Å². The lowest BCUT2D eigenvalue weighted by molar-refractivity contribution is -0.0259. The highest BCUT2D eigenvalue weighted by atomic mass is 35.5. The van der Waals surface area contributed by atoms with E-state index in [0.29, 0.717) is 22.5 Å². The first-order chi connectivity index (χ1) is 17.8. The van der Waals surface area contributed by atoms with Crippen LogP contribution in [-0.2, 0) is 4.43 Å². The number of oxazole rings is 1. The van der Waals surface area contributed by atoms with Gasteiger partial charge in [0.2, 0.25) is 0 Å². The third-order valence-corrected chi connectivity index (χ3v) is 17.3. The molecule has 0 aliphatic heterocycles. The highest BCUT2D eigenvalue weighted by molar-refractivity contribution is 8.02. The fourth-order valence-electron chi connectivity index (χ4n) is 8.02. The Balaban J connectivity index is 1.18. The zero-order chi connectivity index (χ0) is 27.1. The van der Waals surface area contributed by atoms with E-state index < -0.39 is 8.32 Å². The highest BCUT2D eigenvalue weighted by Gasteiger charge is 2.57. The first-order valence-electron chi connectivity index (χ1n) is 14.6. The third-order valence-electron chi connectivity index (χ3n) is 11.4. The Bertz CT molecular complexity index is 1310. The summed E-state index contributed by atoms with van der Waals surface area (Å²) in [7, 11) is -1.75. The maximum Gasteiger partial charge on any atom is 0.261 e. The lowest BCUT2D eigenvalue weighted by Gasteiger charge is -2.58. The zero-order valence-electron chi connectivity index (χ0n) is 24.2. The maximum atomic E-state index is 6.92. The molecule has 0 radical (unpaired) electrons. The normalized spacial score (nSPS) is 35.4. The molecule has 6 rings (SSSR count). The summed E-state index contributed by atoms with van der Waals surface area (Å²) in [6.45, 7) is 17.0. The predicted molar refractivity (Wildman–Crippen MR) is 162 cm³/mol. The molecule has 4 aliphatic rings. The standard InChI is InChI=1S/C32H44ClNO2SSi/c1-30(2,3)38(6,7)36-22-14-16-31(4)20(18-22)8-10-23-24-11-13-28(32(24,5)17-15-25(23)31)37-29-34-26-12-9-21(33)19-27(26)35-29/h8-9,12-13,19,22-25H,10-11,14-18H2,1-7H3/t22-,23-,24-,25-,31-,32-/m0/s1. The molecule has 0 amide bonds. The second kappa shape index (κ2) is 9.26. The van der Waals surface area contributed by atoms with Gasteiger partial charge in [0, 0.05) is 22.6 Å². The highest BCUT2D eigenvalue weighted by Crippen LogP contribution is 2.66. The van der Waals surface area contributed by atoms with Crippen molar-refractivity contribution in [3.8, 4) is 0 Å². The number of hydrogen-bond donors (Lipinski definition) is 0. The van der Waals surface area contributed by atoms with E-state index in [1.165, 1.54) is 43.4 Å². The van der Waals surface area contributed by atoms with Gasteiger partial charge >= 0.3 is 0 Å². The Morgan fingerprint density at radius 2 is 1.82 bits per heavy atom. The molecule has 1 aromatic carbocycles. The van der Waals surface area contributed by atoms with Gasteiger partial charge in [-0.25, -0.2) is 4.98 Å². The number of halogens is 1.